The van der Waals surface area contributed by atoms with Crippen LogP contribution in [0.5, 0.6) is 0 Å². The predicted molar refractivity (Wildman–Crippen MR) is 93.9 cm³/mol. The Morgan fingerprint density at radius 1 is 1.38 bits per heavy atom. The smallest absolute Gasteiger partial charge is 0.262 e. The van der Waals surface area contributed by atoms with Crippen LogP contribution in [0.15, 0.2) is 30.6 Å². The monoisotopic (exact) mass is 420 g/mol. The Labute approximate surface area is 161 Å². The molecule has 2 aromatic rings. The normalized spacial score (nSPS) is 24.4. The Morgan fingerprint density at radius 2 is 2.08 bits per heavy atom. The van der Waals surface area contributed by atoms with Crippen LogP contribution < -0.4 is 4.57 Å². The number of ether oxygens (including phenoxy) is 2. The molecule has 0 N–H and O–H groups in total. The molecule has 0 unspecified atom stereocenters. The van der Waals surface area contributed by atoms with Gasteiger partial charge >= 0.3 is 0 Å². The zero-order valence-corrected chi connectivity index (χ0v) is 16.5. The first-order valence-corrected chi connectivity index (χ1v) is 10.4. The largest absolute Gasteiger partial charge is 0.748 e. The van der Waals surface area contributed by atoms with Crippen molar-refractivity contribution >= 4 is 33.3 Å². The Balaban J connectivity index is 0.000000349. The van der Waals surface area contributed by atoms with Gasteiger partial charge in [0.1, 0.15) is 31.5 Å². The molecule has 2 aliphatic heterocycles. The van der Waals surface area contributed by atoms with Crippen LogP contribution in [-0.4, -0.2) is 36.5 Å². The molecule has 0 aliphatic carbocycles. The highest BCUT2D eigenvalue weighted by atomic mass is 35.5. The molecular formula is C16H18Cl2N2O5S. The van der Waals surface area contributed by atoms with Crippen LogP contribution in [0.2, 0.25) is 10.0 Å². The summed E-state index contributed by atoms with van der Waals surface area (Å²) in [5.74, 6) is 0.333. The van der Waals surface area contributed by atoms with Gasteiger partial charge in [-0.15, -0.1) is 0 Å². The van der Waals surface area contributed by atoms with E-state index in [1.165, 1.54) is 0 Å². The second-order valence-corrected chi connectivity index (χ2v) is 8.54. The lowest BCUT2D eigenvalue weighted by Crippen LogP contribution is -2.39. The summed E-state index contributed by atoms with van der Waals surface area (Å²) in [6, 6.07) is 5.45. The summed E-state index contributed by atoms with van der Waals surface area (Å²) in [6.07, 6.45) is 5.39. The fourth-order valence-electron chi connectivity index (χ4n) is 3.16. The molecular weight excluding hydrogens is 403 g/mol. The van der Waals surface area contributed by atoms with Gasteiger partial charge in [-0.2, -0.15) is 0 Å². The van der Waals surface area contributed by atoms with Crippen molar-refractivity contribution in [2.45, 2.75) is 24.9 Å². The quantitative estimate of drug-likeness (QED) is 0.516. The van der Waals surface area contributed by atoms with Gasteiger partial charge in [-0.05, 0) is 12.1 Å². The number of aryl methyl sites for hydroxylation is 1. The Bertz CT molecular complexity index is 923. The van der Waals surface area contributed by atoms with Crippen molar-refractivity contribution in [1.29, 1.82) is 0 Å². The zero-order chi connectivity index (χ0) is 19.1. The van der Waals surface area contributed by atoms with E-state index in [1.54, 1.807) is 6.07 Å². The third-order valence-corrected chi connectivity index (χ3v) is 4.75. The molecule has 0 spiro atoms. The van der Waals surface area contributed by atoms with Crippen molar-refractivity contribution < 1.29 is 27.0 Å². The average Bonchev–Trinajstić information content (AvgIpc) is 2.98. The number of aromatic nitrogens is 2. The summed E-state index contributed by atoms with van der Waals surface area (Å²) >= 11 is 12.4. The van der Waals surface area contributed by atoms with Gasteiger partial charge in [-0.1, -0.05) is 29.3 Å². The maximum Gasteiger partial charge on any atom is 0.262 e. The number of benzene rings is 1. The number of nitrogens with zero attached hydrogens (tertiary/aromatic N) is 2. The van der Waals surface area contributed by atoms with E-state index in [1.807, 2.05) is 19.2 Å². The van der Waals surface area contributed by atoms with Crippen molar-refractivity contribution in [3.05, 3.63) is 52.0 Å². The fraction of sp³-hybridized carbons (Fsp3) is 0.438. The molecule has 142 valence electrons. The van der Waals surface area contributed by atoms with E-state index in [2.05, 4.69) is 21.5 Å². The summed E-state index contributed by atoms with van der Waals surface area (Å²) in [7, 11) is -1.89. The highest BCUT2D eigenvalue weighted by Gasteiger charge is 2.50. The van der Waals surface area contributed by atoms with Crippen LogP contribution in [-0.2, 0) is 45.4 Å². The molecule has 1 aromatic carbocycles. The van der Waals surface area contributed by atoms with Gasteiger partial charge in [0.25, 0.3) is 5.82 Å². The third kappa shape index (κ3) is 4.21. The summed E-state index contributed by atoms with van der Waals surface area (Å²) in [5, 5.41) is 1.18. The SMILES string of the molecule is CS(=O)(=O)[O-].C[n+]1ccn2c1C[C@@]1(c3ccc(Cl)cc3Cl)OC[C@@H](C2)O1. The van der Waals surface area contributed by atoms with E-state index in [9.17, 15) is 0 Å². The fourth-order valence-corrected chi connectivity index (χ4v) is 3.71. The van der Waals surface area contributed by atoms with Gasteiger partial charge in [0.15, 0.2) is 0 Å². The lowest BCUT2D eigenvalue weighted by Gasteiger charge is -2.27. The zero-order valence-electron chi connectivity index (χ0n) is 14.2. The minimum Gasteiger partial charge on any atom is -0.748 e. The standard InChI is InChI=1S/C15H15Cl2N2O2.CH4O3S/c1-18-4-5-19-8-11-9-20-15(21-11,7-14(18)19)12-3-2-10(16)6-13(12)17;1-5(2,3)4/h2-6,11H,7-9H2,1H3;1H3,(H,2,3,4)/q+1;/p-1/t11-,15-;/m1./s1. The summed E-state index contributed by atoms with van der Waals surface area (Å²) in [4.78, 5) is 0. The minimum atomic E-state index is -3.92. The molecule has 1 fully saturated rings. The maximum atomic E-state index is 9.08. The van der Waals surface area contributed by atoms with Crippen LogP contribution in [0.4, 0.5) is 0 Å². The lowest BCUT2D eigenvalue weighted by atomic mass is 10.0. The Kier molecular flexibility index (Phi) is 5.35. The first kappa shape index (κ1) is 19.6. The van der Waals surface area contributed by atoms with Crippen LogP contribution in [0.3, 0.4) is 0 Å². The molecule has 0 saturated carbocycles. The van der Waals surface area contributed by atoms with E-state index in [4.69, 9.17) is 45.6 Å². The van der Waals surface area contributed by atoms with E-state index in [0.29, 0.717) is 29.3 Å². The first-order chi connectivity index (χ1) is 12.1. The van der Waals surface area contributed by atoms with Gasteiger partial charge in [0, 0.05) is 16.8 Å². The van der Waals surface area contributed by atoms with Gasteiger partial charge in [0.05, 0.1) is 28.8 Å². The van der Waals surface area contributed by atoms with Crippen molar-refractivity contribution in [2.75, 3.05) is 12.9 Å². The van der Waals surface area contributed by atoms with Gasteiger partial charge < -0.3 is 14.0 Å². The molecule has 1 aromatic heterocycles. The molecule has 3 heterocycles. The minimum absolute atomic E-state index is 0.0328. The maximum absolute atomic E-state index is 9.08. The molecule has 10 heteroatoms. The molecule has 2 atom stereocenters. The van der Waals surface area contributed by atoms with Crippen molar-refractivity contribution in [2.24, 2.45) is 7.05 Å². The Morgan fingerprint density at radius 3 is 2.73 bits per heavy atom. The van der Waals surface area contributed by atoms with Crippen LogP contribution in [0.25, 0.3) is 0 Å². The second kappa shape index (κ2) is 7.10. The number of hydrogen-bond donors (Lipinski definition) is 0. The number of hydrogen-bond acceptors (Lipinski definition) is 5. The Hall–Kier alpha value is -1.16. The summed E-state index contributed by atoms with van der Waals surface area (Å²) < 4.78 is 43.8. The van der Waals surface area contributed by atoms with Gasteiger partial charge in [-0.25, -0.2) is 17.6 Å². The number of fused-ring (bicyclic) bond motifs is 3. The molecule has 7 nitrogen and oxygen atoms in total. The van der Waals surface area contributed by atoms with E-state index in [0.717, 1.165) is 17.9 Å². The molecule has 0 amide bonds. The molecule has 4 rings (SSSR count). The molecule has 2 aliphatic rings. The van der Waals surface area contributed by atoms with Gasteiger partial charge in [0.2, 0.25) is 5.79 Å². The number of imidazole rings is 1. The van der Waals surface area contributed by atoms with Crippen LogP contribution >= 0.6 is 23.2 Å². The highest BCUT2D eigenvalue weighted by Crippen LogP contribution is 2.42. The number of rotatable bonds is 1. The number of halogens is 2. The van der Waals surface area contributed by atoms with Crippen molar-refractivity contribution in [3.8, 4) is 0 Å². The first-order valence-electron chi connectivity index (χ1n) is 7.79. The van der Waals surface area contributed by atoms with Gasteiger partial charge in [-0.3, -0.25) is 0 Å². The lowest BCUT2D eigenvalue weighted by molar-refractivity contribution is -0.680. The third-order valence-electron chi connectivity index (χ3n) is 4.20. The summed E-state index contributed by atoms with van der Waals surface area (Å²) in [5.41, 5.74) is 0.839. The molecule has 26 heavy (non-hydrogen) atoms. The summed E-state index contributed by atoms with van der Waals surface area (Å²) in [6.45, 7) is 1.36. The topological polar surface area (TPSA) is 84.5 Å². The van der Waals surface area contributed by atoms with E-state index < -0.39 is 15.9 Å². The highest BCUT2D eigenvalue weighted by molar-refractivity contribution is 7.84. The average molecular weight is 421 g/mol. The molecule has 1 saturated heterocycles. The molecule has 0 radical (unpaired) electrons. The van der Waals surface area contributed by atoms with E-state index >= 15 is 0 Å². The second-order valence-electron chi connectivity index (χ2n) is 6.29. The van der Waals surface area contributed by atoms with Crippen LogP contribution in [0, 0.1) is 0 Å². The molecule has 2 bridgehead atoms. The van der Waals surface area contributed by atoms with Crippen molar-refractivity contribution in [3.63, 3.8) is 0 Å². The van der Waals surface area contributed by atoms with E-state index in [-0.39, 0.29) is 6.10 Å². The van der Waals surface area contributed by atoms with Crippen molar-refractivity contribution in [1.82, 2.24) is 4.57 Å². The predicted octanol–water partition coefficient (Wildman–Crippen LogP) is 1.61. The van der Waals surface area contributed by atoms with Crippen LogP contribution in [0.1, 0.15) is 11.4 Å².